The van der Waals surface area contributed by atoms with Crippen LogP contribution in [0.15, 0.2) is 51.6 Å². The van der Waals surface area contributed by atoms with Crippen LogP contribution >= 0.6 is 0 Å². The zero-order valence-corrected chi connectivity index (χ0v) is 16.9. The molecule has 0 spiro atoms. The van der Waals surface area contributed by atoms with Gasteiger partial charge in [-0.1, -0.05) is 5.16 Å². The normalized spacial score (nSPS) is 15.1. The highest BCUT2D eigenvalue weighted by Gasteiger charge is 2.26. The molecule has 1 aliphatic heterocycles. The third-order valence-electron chi connectivity index (χ3n) is 5.07. The first-order valence-electron chi connectivity index (χ1n) is 9.80. The molecule has 2 amide bonds. The molecule has 1 atom stereocenters. The van der Waals surface area contributed by atoms with Crippen LogP contribution in [0, 0.1) is 6.92 Å². The van der Waals surface area contributed by atoms with Crippen molar-refractivity contribution in [3.63, 3.8) is 0 Å². The highest BCUT2D eigenvalue weighted by molar-refractivity contribution is 5.95. The molecule has 0 aliphatic carbocycles. The number of aromatic nitrogens is 2. The molecule has 0 radical (unpaired) electrons. The minimum atomic E-state index is -0.619. The van der Waals surface area contributed by atoms with Crippen molar-refractivity contribution in [2.75, 3.05) is 31.1 Å². The number of aryl methyl sites for hydroxylation is 1. The van der Waals surface area contributed by atoms with Crippen LogP contribution in [0.1, 0.15) is 23.4 Å². The summed E-state index contributed by atoms with van der Waals surface area (Å²) in [6, 6.07) is 10.5. The van der Waals surface area contributed by atoms with E-state index in [1.54, 1.807) is 30.9 Å². The topological polar surface area (TPSA) is 105 Å². The Balaban J connectivity index is 1.31. The second-order valence-electron chi connectivity index (χ2n) is 7.17. The lowest BCUT2D eigenvalue weighted by Crippen LogP contribution is -2.54. The van der Waals surface area contributed by atoms with Gasteiger partial charge >= 0.3 is 0 Å². The molecule has 0 saturated carbocycles. The predicted octanol–water partition coefficient (Wildman–Crippen LogP) is 2.11. The zero-order valence-electron chi connectivity index (χ0n) is 16.9. The van der Waals surface area contributed by atoms with Crippen LogP contribution < -0.4 is 10.2 Å². The molecular weight excluding hydrogens is 386 g/mol. The summed E-state index contributed by atoms with van der Waals surface area (Å²) in [5.74, 6) is 0.803. The number of benzene rings is 1. The number of amides is 2. The fourth-order valence-corrected chi connectivity index (χ4v) is 3.43. The van der Waals surface area contributed by atoms with Crippen LogP contribution in [-0.2, 0) is 4.79 Å². The number of rotatable bonds is 5. The fourth-order valence-electron chi connectivity index (χ4n) is 3.43. The maximum atomic E-state index is 12.7. The Morgan fingerprint density at radius 3 is 2.43 bits per heavy atom. The number of furan rings is 1. The second kappa shape index (κ2) is 8.40. The van der Waals surface area contributed by atoms with Gasteiger partial charge in [-0.05, 0) is 43.3 Å². The van der Waals surface area contributed by atoms with Crippen molar-refractivity contribution in [3.8, 4) is 11.4 Å². The van der Waals surface area contributed by atoms with Crippen LogP contribution in [0.25, 0.3) is 11.4 Å². The van der Waals surface area contributed by atoms with Gasteiger partial charge in [0.05, 0.1) is 6.26 Å². The highest BCUT2D eigenvalue weighted by Crippen LogP contribution is 2.22. The monoisotopic (exact) mass is 409 g/mol. The minimum Gasteiger partial charge on any atom is -0.459 e. The van der Waals surface area contributed by atoms with Crippen molar-refractivity contribution in [3.05, 3.63) is 54.3 Å². The summed E-state index contributed by atoms with van der Waals surface area (Å²) in [5.41, 5.74) is 1.97. The SMILES string of the molecule is Cc1nc(-c2ccc(N3CCN(C(=O)[C@H](C)NC(=O)c4ccco4)CC3)cc2)no1. The van der Waals surface area contributed by atoms with E-state index in [1.807, 2.05) is 24.3 Å². The van der Waals surface area contributed by atoms with Gasteiger partial charge in [-0.15, -0.1) is 0 Å². The lowest BCUT2D eigenvalue weighted by atomic mass is 10.1. The van der Waals surface area contributed by atoms with Crippen molar-refractivity contribution in [1.82, 2.24) is 20.4 Å². The summed E-state index contributed by atoms with van der Waals surface area (Å²) < 4.78 is 10.1. The van der Waals surface area contributed by atoms with Crippen molar-refractivity contribution >= 4 is 17.5 Å². The molecule has 3 heterocycles. The molecule has 3 aromatic rings. The van der Waals surface area contributed by atoms with Gasteiger partial charge in [0.1, 0.15) is 6.04 Å². The molecule has 9 heteroatoms. The van der Waals surface area contributed by atoms with E-state index in [-0.39, 0.29) is 11.7 Å². The maximum Gasteiger partial charge on any atom is 0.287 e. The fraction of sp³-hybridized carbons (Fsp3) is 0.333. The number of nitrogens with one attached hydrogen (secondary N) is 1. The minimum absolute atomic E-state index is 0.0996. The first-order chi connectivity index (χ1) is 14.5. The number of nitrogens with zero attached hydrogens (tertiary/aromatic N) is 4. The predicted molar refractivity (Wildman–Crippen MR) is 109 cm³/mol. The molecule has 156 valence electrons. The van der Waals surface area contributed by atoms with E-state index in [0.717, 1.165) is 11.3 Å². The number of hydrogen-bond donors (Lipinski definition) is 1. The summed E-state index contributed by atoms with van der Waals surface area (Å²) in [5, 5.41) is 6.62. The van der Waals surface area contributed by atoms with Gasteiger partial charge in [-0.25, -0.2) is 0 Å². The highest BCUT2D eigenvalue weighted by atomic mass is 16.5. The molecule has 0 bridgehead atoms. The average Bonchev–Trinajstić information content (AvgIpc) is 3.45. The summed E-state index contributed by atoms with van der Waals surface area (Å²) in [7, 11) is 0. The van der Waals surface area contributed by atoms with E-state index in [2.05, 4.69) is 20.4 Å². The molecule has 0 unspecified atom stereocenters. The Morgan fingerprint density at radius 2 is 1.83 bits per heavy atom. The molecule has 9 nitrogen and oxygen atoms in total. The summed E-state index contributed by atoms with van der Waals surface area (Å²) in [4.78, 5) is 33.0. The Bertz CT molecular complexity index is 1000. The Morgan fingerprint density at radius 1 is 1.10 bits per heavy atom. The van der Waals surface area contributed by atoms with Crippen LogP contribution in [0.2, 0.25) is 0 Å². The van der Waals surface area contributed by atoms with E-state index >= 15 is 0 Å². The Labute approximate surface area is 173 Å². The molecule has 1 N–H and O–H groups in total. The number of carbonyl (C=O) groups is 2. The Hall–Kier alpha value is -3.62. The first-order valence-corrected chi connectivity index (χ1v) is 9.80. The standard InChI is InChI=1S/C21H23N5O4/c1-14(22-20(27)18-4-3-13-29-18)21(28)26-11-9-25(10-12-26)17-7-5-16(6-8-17)19-23-15(2)30-24-19/h3-8,13-14H,9-12H2,1-2H3,(H,22,27)/t14-/m0/s1. The van der Waals surface area contributed by atoms with E-state index in [9.17, 15) is 9.59 Å². The van der Waals surface area contributed by atoms with Crippen molar-refractivity contribution in [2.24, 2.45) is 0 Å². The van der Waals surface area contributed by atoms with Crippen LogP contribution in [0.3, 0.4) is 0 Å². The van der Waals surface area contributed by atoms with Crippen molar-refractivity contribution in [1.29, 1.82) is 0 Å². The lowest BCUT2D eigenvalue weighted by molar-refractivity contribution is -0.133. The summed E-state index contributed by atoms with van der Waals surface area (Å²) in [6.07, 6.45) is 1.43. The van der Waals surface area contributed by atoms with Crippen LogP contribution in [0.4, 0.5) is 5.69 Å². The van der Waals surface area contributed by atoms with E-state index < -0.39 is 11.9 Å². The second-order valence-corrected chi connectivity index (χ2v) is 7.17. The van der Waals surface area contributed by atoms with Crippen LogP contribution in [-0.4, -0.2) is 59.1 Å². The largest absolute Gasteiger partial charge is 0.459 e. The van der Waals surface area contributed by atoms with E-state index in [4.69, 9.17) is 8.94 Å². The van der Waals surface area contributed by atoms with Gasteiger partial charge < -0.3 is 24.1 Å². The quantitative estimate of drug-likeness (QED) is 0.688. The van der Waals surface area contributed by atoms with E-state index in [0.29, 0.717) is 37.9 Å². The van der Waals surface area contributed by atoms with Gasteiger partial charge in [0.2, 0.25) is 17.6 Å². The third-order valence-corrected chi connectivity index (χ3v) is 5.07. The number of piperazine rings is 1. The smallest absolute Gasteiger partial charge is 0.287 e. The lowest BCUT2D eigenvalue weighted by Gasteiger charge is -2.37. The molecule has 1 saturated heterocycles. The molecule has 1 aromatic carbocycles. The van der Waals surface area contributed by atoms with Gasteiger partial charge in [0, 0.05) is 44.4 Å². The number of anilines is 1. The molecule has 2 aromatic heterocycles. The first kappa shape index (κ1) is 19.7. The van der Waals surface area contributed by atoms with Crippen LogP contribution in [0.5, 0.6) is 0 Å². The summed E-state index contributed by atoms with van der Waals surface area (Å²) in [6.45, 7) is 6.05. The van der Waals surface area contributed by atoms with E-state index in [1.165, 1.54) is 6.26 Å². The van der Waals surface area contributed by atoms with Gasteiger partial charge in [-0.3, -0.25) is 9.59 Å². The molecule has 1 aliphatic rings. The maximum absolute atomic E-state index is 12.7. The van der Waals surface area contributed by atoms with Gasteiger partial charge in [-0.2, -0.15) is 4.98 Å². The zero-order chi connectivity index (χ0) is 21.1. The summed E-state index contributed by atoms with van der Waals surface area (Å²) >= 11 is 0. The Kier molecular flexibility index (Phi) is 5.51. The van der Waals surface area contributed by atoms with Crippen molar-refractivity contribution < 1.29 is 18.5 Å². The average molecular weight is 409 g/mol. The molecule has 30 heavy (non-hydrogen) atoms. The molecular formula is C21H23N5O4. The molecule has 4 rings (SSSR count). The third kappa shape index (κ3) is 4.19. The van der Waals surface area contributed by atoms with Gasteiger partial charge in [0.15, 0.2) is 5.76 Å². The molecule has 1 fully saturated rings. The van der Waals surface area contributed by atoms with Crippen molar-refractivity contribution in [2.45, 2.75) is 19.9 Å². The number of hydrogen-bond acceptors (Lipinski definition) is 7. The number of carbonyl (C=O) groups excluding carboxylic acids is 2. The van der Waals surface area contributed by atoms with Gasteiger partial charge in [0.25, 0.3) is 5.91 Å².